The zero-order valence-electron chi connectivity index (χ0n) is 13.7. The van der Waals surface area contributed by atoms with E-state index in [4.69, 9.17) is 9.47 Å². The van der Waals surface area contributed by atoms with Crippen LogP contribution in [-0.2, 0) is 6.42 Å². The van der Waals surface area contributed by atoms with Gasteiger partial charge >= 0.3 is 0 Å². The molecule has 0 radical (unpaired) electrons. The largest absolute Gasteiger partial charge is 0.493 e. The lowest BCUT2D eigenvalue weighted by atomic mass is 10.0. The third-order valence-corrected chi connectivity index (χ3v) is 4.41. The third-order valence-electron chi connectivity index (χ3n) is 4.41. The molecule has 0 bridgehead atoms. The van der Waals surface area contributed by atoms with Gasteiger partial charge in [-0.1, -0.05) is 13.0 Å². The highest BCUT2D eigenvalue weighted by Gasteiger charge is 2.25. The van der Waals surface area contributed by atoms with Gasteiger partial charge in [0, 0.05) is 18.6 Å². The Bertz CT molecular complexity index is 444. The fourth-order valence-corrected chi connectivity index (χ4v) is 3.32. The molecule has 4 heteroatoms. The second kappa shape index (κ2) is 7.66. The fourth-order valence-electron chi connectivity index (χ4n) is 3.32. The van der Waals surface area contributed by atoms with Crippen LogP contribution < -0.4 is 14.8 Å². The zero-order valence-corrected chi connectivity index (χ0v) is 13.7. The maximum Gasteiger partial charge on any atom is 0.160 e. The summed E-state index contributed by atoms with van der Waals surface area (Å²) in [6.07, 6.45) is 2.29. The Balaban J connectivity index is 2.05. The molecule has 118 valence electrons. The van der Waals surface area contributed by atoms with Crippen LogP contribution in [0, 0.1) is 0 Å². The number of benzene rings is 1. The van der Waals surface area contributed by atoms with Gasteiger partial charge in [-0.25, -0.2) is 0 Å². The van der Waals surface area contributed by atoms with E-state index in [0.717, 1.165) is 37.6 Å². The Morgan fingerprint density at radius 3 is 2.62 bits per heavy atom. The third kappa shape index (κ3) is 3.89. The molecule has 1 aromatic rings. The van der Waals surface area contributed by atoms with E-state index in [2.05, 4.69) is 36.2 Å². The first-order chi connectivity index (χ1) is 10.2. The van der Waals surface area contributed by atoms with Crippen LogP contribution in [-0.4, -0.2) is 50.8 Å². The smallest absolute Gasteiger partial charge is 0.160 e. The standard InChI is InChI=1S/C17H28N2O2/c1-5-19(15-8-9-18-12-15)13(2)10-14-6-7-16(20-3)17(11-14)21-4/h6-7,11,13,15,18H,5,8-10,12H2,1-4H3. The van der Waals surface area contributed by atoms with E-state index in [9.17, 15) is 0 Å². The number of methoxy groups -OCH3 is 2. The molecule has 0 aromatic heterocycles. The van der Waals surface area contributed by atoms with Gasteiger partial charge in [0.15, 0.2) is 11.5 Å². The van der Waals surface area contributed by atoms with Crippen molar-refractivity contribution in [2.24, 2.45) is 0 Å². The van der Waals surface area contributed by atoms with Crippen LogP contribution >= 0.6 is 0 Å². The summed E-state index contributed by atoms with van der Waals surface area (Å²) in [6, 6.07) is 7.42. The summed E-state index contributed by atoms with van der Waals surface area (Å²) >= 11 is 0. The van der Waals surface area contributed by atoms with E-state index in [0.29, 0.717) is 12.1 Å². The van der Waals surface area contributed by atoms with Crippen LogP contribution in [0.4, 0.5) is 0 Å². The van der Waals surface area contributed by atoms with Crippen LogP contribution in [0.3, 0.4) is 0 Å². The summed E-state index contributed by atoms with van der Waals surface area (Å²) in [4.78, 5) is 2.61. The first-order valence-corrected chi connectivity index (χ1v) is 7.87. The van der Waals surface area contributed by atoms with Gasteiger partial charge < -0.3 is 14.8 Å². The highest BCUT2D eigenvalue weighted by atomic mass is 16.5. The topological polar surface area (TPSA) is 33.7 Å². The van der Waals surface area contributed by atoms with E-state index in [1.165, 1.54) is 12.0 Å². The molecular formula is C17H28N2O2. The monoisotopic (exact) mass is 292 g/mol. The molecule has 0 aliphatic carbocycles. The molecule has 4 nitrogen and oxygen atoms in total. The molecule has 2 rings (SSSR count). The number of hydrogen-bond donors (Lipinski definition) is 1. The van der Waals surface area contributed by atoms with E-state index in [1.807, 2.05) is 6.07 Å². The zero-order chi connectivity index (χ0) is 15.2. The average molecular weight is 292 g/mol. The van der Waals surface area contributed by atoms with Crippen LogP contribution in [0.2, 0.25) is 0 Å². The summed E-state index contributed by atoms with van der Waals surface area (Å²) in [5.74, 6) is 1.61. The molecule has 1 fully saturated rings. The summed E-state index contributed by atoms with van der Waals surface area (Å²) in [5, 5.41) is 3.46. The first kappa shape index (κ1) is 16.1. The van der Waals surface area contributed by atoms with Gasteiger partial charge in [-0.2, -0.15) is 0 Å². The molecule has 0 saturated carbocycles. The molecule has 1 saturated heterocycles. The lowest BCUT2D eigenvalue weighted by Gasteiger charge is -2.33. The minimum Gasteiger partial charge on any atom is -0.493 e. The maximum atomic E-state index is 5.40. The molecule has 0 amide bonds. The van der Waals surface area contributed by atoms with Crippen molar-refractivity contribution in [3.8, 4) is 11.5 Å². The lowest BCUT2D eigenvalue weighted by Crippen LogP contribution is -2.43. The molecule has 1 aliphatic rings. The number of hydrogen-bond acceptors (Lipinski definition) is 4. The first-order valence-electron chi connectivity index (χ1n) is 7.87. The fraction of sp³-hybridized carbons (Fsp3) is 0.647. The van der Waals surface area contributed by atoms with E-state index in [1.54, 1.807) is 14.2 Å². The molecule has 2 unspecified atom stereocenters. The van der Waals surface area contributed by atoms with Crippen LogP contribution in [0.15, 0.2) is 18.2 Å². The number of likely N-dealkylation sites (N-methyl/N-ethyl adjacent to an activating group) is 1. The number of rotatable bonds is 7. The molecular weight excluding hydrogens is 264 g/mol. The van der Waals surface area contributed by atoms with Crippen LogP contribution in [0.5, 0.6) is 11.5 Å². The second-order valence-electron chi connectivity index (χ2n) is 5.72. The molecule has 1 heterocycles. The van der Waals surface area contributed by atoms with Gasteiger partial charge in [-0.15, -0.1) is 0 Å². The highest BCUT2D eigenvalue weighted by Crippen LogP contribution is 2.28. The Morgan fingerprint density at radius 1 is 1.29 bits per heavy atom. The van der Waals surface area contributed by atoms with Crippen molar-refractivity contribution in [1.82, 2.24) is 10.2 Å². The lowest BCUT2D eigenvalue weighted by molar-refractivity contribution is 0.161. The van der Waals surface area contributed by atoms with Crippen molar-refractivity contribution in [3.63, 3.8) is 0 Å². The Morgan fingerprint density at radius 2 is 2.05 bits per heavy atom. The number of nitrogens with one attached hydrogen (secondary N) is 1. The molecule has 0 spiro atoms. The minimum absolute atomic E-state index is 0.526. The van der Waals surface area contributed by atoms with Crippen LogP contribution in [0.1, 0.15) is 25.8 Å². The van der Waals surface area contributed by atoms with Gasteiger partial charge in [-0.3, -0.25) is 4.90 Å². The highest BCUT2D eigenvalue weighted by molar-refractivity contribution is 5.43. The van der Waals surface area contributed by atoms with Crippen molar-refractivity contribution in [1.29, 1.82) is 0 Å². The second-order valence-corrected chi connectivity index (χ2v) is 5.72. The number of ether oxygens (including phenoxy) is 2. The molecule has 1 N–H and O–H groups in total. The van der Waals surface area contributed by atoms with E-state index < -0.39 is 0 Å². The van der Waals surface area contributed by atoms with Gasteiger partial charge in [0.25, 0.3) is 0 Å². The van der Waals surface area contributed by atoms with Crippen molar-refractivity contribution in [2.45, 2.75) is 38.8 Å². The Labute approximate surface area is 128 Å². The Hall–Kier alpha value is -1.26. The predicted molar refractivity (Wildman–Crippen MR) is 86.4 cm³/mol. The van der Waals surface area contributed by atoms with Crippen molar-refractivity contribution < 1.29 is 9.47 Å². The van der Waals surface area contributed by atoms with Gasteiger partial charge in [-0.05, 0) is 50.6 Å². The van der Waals surface area contributed by atoms with Crippen LogP contribution in [0.25, 0.3) is 0 Å². The predicted octanol–water partition coefficient (Wildman–Crippen LogP) is 2.32. The Kier molecular flexibility index (Phi) is 5.88. The molecule has 2 atom stereocenters. The minimum atomic E-state index is 0.526. The normalized spacial score (nSPS) is 19.8. The van der Waals surface area contributed by atoms with Crippen molar-refractivity contribution in [2.75, 3.05) is 33.9 Å². The quantitative estimate of drug-likeness (QED) is 0.836. The van der Waals surface area contributed by atoms with Crippen molar-refractivity contribution >= 4 is 0 Å². The molecule has 21 heavy (non-hydrogen) atoms. The van der Waals surface area contributed by atoms with Gasteiger partial charge in [0.05, 0.1) is 14.2 Å². The average Bonchev–Trinajstić information content (AvgIpc) is 3.02. The van der Waals surface area contributed by atoms with Gasteiger partial charge in [0.1, 0.15) is 0 Å². The summed E-state index contributed by atoms with van der Waals surface area (Å²) in [6.45, 7) is 7.93. The molecule has 1 aromatic carbocycles. The van der Waals surface area contributed by atoms with Crippen molar-refractivity contribution in [3.05, 3.63) is 23.8 Å². The van der Waals surface area contributed by atoms with E-state index >= 15 is 0 Å². The van der Waals surface area contributed by atoms with Gasteiger partial charge in [0.2, 0.25) is 0 Å². The summed E-state index contributed by atoms with van der Waals surface area (Å²) in [5.41, 5.74) is 1.30. The SMILES string of the molecule is CCN(C(C)Cc1ccc(OC)c(OC)c1)C1CCNC1. The summed E-state index contributed by atoms with van der Waals surface area (Å²) in [7, 11) is 3.36. The summed E-state index contributed by atoms with van der Waals surface area (Å²) < 4.78 is 10.7. The number of nitrogens with zero attached hydrogens (tertiary/aromatic N) is 1. The van der Waals surface area contributed by atoms with E-state index in [-0.39, 0.29) is 0 Å². The maximum absolute atomic E-state index is 5.40. The molecule has 1 aliphatic heterocycles.